The van der Waals surface area contributed by atoms with Crippen LogP contribution < -0.4 is 5.32 Å². The lowest BCUT2D eigenvalue weighted by Gasteiger charge is -2.08. The number of hydrogen-bond donors (Lipinski definition) is 1. The van der Waals surface area contributed by atoms with E-state index in [-0.39, 0.29) is 0 Å². The molecule has 1 aromatic heterocycles. The van der Waals surface area contributed by atoms with Gasteiger partial charge in [-0.1, -0.05) is 38.3 Å². The van der Waals surface area contributed by atoms with Crippen LogP contribution in [-0.4, -0.2) is 16.1 Å². The molecule has 0 atom stereocenters. The van der Waals surface area contributed by atoms with Crippen molar-refractivity contribution < 1.29 is 0 Å². The molecule has 0 aliphatic heterocycles. The maximum atomic E-state index is 4.07. The largest absolute Gasteiger partial charge is 0.385 e. The van der Waals surface area contributed by atoms with Crippen LogP contribution in [0.1, 0.15) is 38.2 Å². The van der Waals surface area contributed by atoms with Gasteiger partial charge in [0.25, 0.3) is 0 Å². The maximum absolute atomic E-state index is 4.07. The molecule has 0 unspecified atom stereocenters. The van der Waals surface area contributed by atoms with Gasteiger partial charge in [-0.3, -0.25) is 0 Å². The van der Waals surface area contributed by atoms with Crippen LogP contribution in [0.2, 0.25) is 0 Å². The first-order valence-electron chi connectivity index (χ1n) is 7.17. The summed E-state index contributed by atoms with van der Waals surface area (Å²) in [4.78, 5) is 4.07. The van der Waals surface area contributed by atoms with Crippen molar-refractivity contribution in [2.45, 2.75) is 39.2 Å². The van der Waals surface area contributed by atoms with E-state index in [2.05, 4.69) is 46.1 Å². The predicted octanol–water partition coefficient (Wildman–Crippen LogP) is 3.92. The normalized spacial score (nSPS) is 10.6. The molecule has 3 nitrogen and oxygen atoms in total. The summed E-state index contributed by atoms with van der Waals surface area (Å²) < 4.78 is 2.08. The van der Waals surface area contributed by atoms with Gasteiger partial charge in [-0.15, -0.1) is 0 Å². The lowest BCUT2D eigenvalue weighted by Crippen LogP contribution is -2.02. The Morgan fingerprint density at radius 1 is 1.21 bits per heavy atom. The summed E-state index contributed by atoms with van der Waals surface area (Å²) in [5, 5.41) is 3.50. The van der Waals surface area contributed by atoms with E-state index in [0.29, 0.717) is 0 Å². The van der Waals surface area contributed by atoms with Gasteiger partial charge in [0.15, 0.2) is 0 Å². The number of unbranched alkanes of at least 4 members (excludes halogenated alkanes) is 3. The van der Waals surface area contributed by atoms with Gasteiger partial charge in [-0.05, 0) is 24.1 Å². The number of benzene rings is 1. The highest BCUT2D eigenvalue weighted by molar-refractivity contribution is 5.45. The number of nitrogens with zero attached hydrogens (tertiary/aromatic N) is 2. The minimum absolute atomic E-state index is 0.880. The van der Waals surface area contributed by atoms with Crippen molar-refractivity contribution in [2.24, 2.45) is 0 Å². The standard InChI is InChI=1S/C16H23N3/c1-2-3-4-5-9-18-16-8-6-7-15(12-16)13-19-11-10-17-14-19/h6-8,10-12,14,18H,2-5,9,13H2,1H3. The molecule has 0 radical (unpaired) electrons. The van der Waals surface area contributed by atoms with E-state index in [1.165, 1.54) is 36.9 Å². The molecule has 0 amide bonds. The molecule has 1 N–H and O–H groups in total. The van der Waals surface area contributed by atoms with Gasteiger partial charge >= 0.3 is 0 Å². The molecule has 0 saturated carbocycles. The second kappa shape index (κ2) is 7.62. The average molecular weight is 257 g/mol. The van der Waals surface area contributed by atoms with Crippen LogP contribution in [0.3, 0.4) is 0 Å². The summed E-state index contributed by atoms with van der Waals surface area (Å²) in [5.74, 6) is 0. The Bertz CT molecular complexity index is 463. The van der Waals surface area contributed by atoms with Gasteiger partial charge in [-0.2, -0.15) is 0 Å². The van der Waals surface area contributed by atoms with Crippen molar-refractivity contribution in [3.63, 3.8) is 0 Å². The lowest BCUT2D eigenvalue weighted by molar-refractivity contribution is 0.685. The Kier molecular flexibility index (Phi) is 5.48. The molecule has 0 saturated heterocycles. The van der Waals surface area contributed by atoms with Crippen LogP contribution in [-0.2, 0) is 6.54 Å². The number of anilines is 1. The first kappa shape index (κ1) is 13.7. The van der Waals surface area contributed by atoms with Crippen molar-refractivity contribution >= 4 is 5.69 Å². The molecule has 0 fully saturated rings. The quantitative estimate of drug-likeness (QED) is 0.726. The van der Waals surface area contributed by atoms with Crippen LogP contribution >= 0.6 is 0 Å². The smallest absolute Gasteiger partial charge is 0.0949 e. The fourth-order valence-corrected chi connectivity index (χ4v) is 2.16. The number of nitrogens with one attached hydrogen (secondary N) is 1. The molecule has 1 heterocycles. The Morgan fingerprint density at radius 3 is 2.95 bits per heavy atom. The van der Waals surface area contributed by atoms with E-state index in [9.17, 15) is 0 Å². The van der Waals surface area contributed by atoms with Crippen LogP contribution in [0.5, 0.6) is 0 Å². The van der Waals surface area contributed by atoms with Crippen molar-refractivity contribution in [3.05, 3.63) is 48.5 Å². The first-order valence-corrected chi connectivity index (χ1v) is 7.17. The summed E-state index contributed by atoms with van der Waals surface area (Å²) >= 11 is 0. The van der Waals surface area contributed by atoms with Crippen LogP contribution in [0.4, 0.5) is 5.69 Å². The molecule has 2 aromatic rings. The van der Waals surface area contributed by atoms with Crippen molar-refractivity contribution in [1.82, 2.24) is 9.55 Å². The van der Waals surface area contributed by atoms with Gasteiger partial charge in [0.05, 0.1) is 6.33 Å². The highest BCUT2D eigenvalue weighted by atomic mass is 15.0. The predicted molar refractivity (Wildman–Crippen MR) is 80.4 cm³/mol. The van der Waals surface area contributed by atoms with Crippen LogP contribution in [0.15, 0.2) is 43.0 Å². The summed E-state index contributed by atoms with van der Waals surface area (Å²) in [5.41, 5.74) is 2.52. The van der Waals surface area contributed by atoms with Gasteiger partial charge in [0.1, 0.15) is 0 Å². The SMILES string of the molecule is CCCCCCNc1cccc(Cn2ccnc2)c1. The number of rotatable bonds is 8. The van der Waals surface area contributed by atoms with Crippen molar-refractivity contribution in [2.75, 3.05) is 11.9 Å². The van der Waals surface area contributed by atoms with E-state index in [4.69, 9.17) is 0 Å². The molecular formula is C16H23N3. The third-order valence-corrected chi connectivity index (χ3v) is 3.21. The Labute approximate surface area is 115 Å². The molecule has 0 aliphatic rings. The maximum Gasteiger partial charge on any atom is 0.0949 e. The zero-order valence-electron chi connectivity index (χ0n) is 11.7. The van der Waals surface area contributed by atoms with E-state index < -0.39 is 0 Å². The summed E-state index contributed by atoms with van der Waals surface area (Å²) in [6.45, 7) is 4.19. The summed E-state index contributed by atoms with van der Waals surface area (Å²) in [6.07, 6.45) is 10.9. The van der Waals surface area contributed by atoms with Gasteiger partial charge in [0.2, 0.25) is 0 Å². The molecule has 19 heavy (non-hydrogen) atoms. The topological polar surface area (TPSA) is 29.9 Å². The van der Waals surface area contributed by atoms with E-state index >= 15 is 0 Å². The minimum atomic E-state index is 0.880. The molecule has 102 valence electrons. The molecule has 0 spiro atoms. The van der Waals surface area contributed by atoms with Crippen molar-refractivity contribution in [3.8, 4) is 0 Å². The molecule has 2 rings (SSSR count). The zero-order valence-corrected chi connectivity index (χ0v) is 11.7. The van der Waals surface area contributed by atoms with Crippen molar-refractivity contribution in [1.29, 1.82) is 0 Å². The number of hydrogen-bond acceptors (Lipinski definition) is 2. The first-order chi connectivity index (χ1) is 9.38. The highest BCUT2D eigenvalue weighted by Crippen LogP contribution is 2.12. The minimum Gasteiger partial charge on any atom is -0.385 e. The Balaban J connectivity index is 1.81. The highest BCUT2D eigenvalue weighted by Gasteiger charge is 1.97. The fraction of sp³-hybridized carbons (Fsp3) is 0.438. The molecule has 0 aliphatic carbocycles. The van der Waals surface area contributed by atoms with E-state index in [0.717, 1.165) is 13.1 Å². The Morgan fingerprint density at radius 2 is 2.16 bits per heavy atom. The van der Waals surface area contributed by atoms with Crippen LogP contribution in [0.25, 0.3) is 0 Å². The van der Waals surface area contributed by atoms with E-state index in [1.807, 2.05) is 18.7 Å². The third kappa shape index (κ3) is 4.78. The lowest BCUT2D eigenvalue weighted by atomic mass is 10.2. The molecule has 0 bridgehead atoms. The third-order valence-electron chi connectivity index (χ3n) is 3.21. The number of aromatic nitrogens is 2. The van der Waals surface area contributed by atoms with Gasteiger partial charge in [0, 0.05) is 31.2 Å². The summed E-state index contributed by atoms with van der Waals surface area (Å²) in [6, 6.07) is 8.62. The Hall–Kier alpha value is -1.77. The summed E-state index contributed by atoms with van der Waals surface area (Å²) in [7, 11) is 0. The average Bonchev–Trinajstić information content (AvgIpc) is 2.92. The van der Waals surface area contributed by atoms with Gasteiger partial charge < -0.3 is 9.88 Å². The second-order valence-electron chi connectivity index (χ2n) is 4.92. The van der Waals surface area contributed by atoms with Gasteiger partial charge in [-0.25, -0.2) is 4.98 Å². The molecule has 3 heteroatoms. The fourth-order valence-electron chi connectivity index (χ4n) is 2.16. The molecular weight excluding hydrogens is 234 g/mol. The molecule has 1 aromatic carbocycles. The number of imidazole rings is 1. The van der Waals surface area contributed by atoms with Crippen LogP contribution in [0, 0.1) is 0 Å². The monoisotopic (exact) mass is 257 g/mol. The zero-order chi connectivity index (χ0) is 13.3. The second-order valence-corrected chi connectivity index (χ2v) is 4.92. The van der Waals surface area contributed by atoms with E-state index in [1.54, 1.807) is 0 Å².